The fourth-order valence-corrected chi connectivity index (χ4v) is 5.22. The molecule has 0 radical (unpaired) electrons. The fraction of sp³-hybridized carbons (Fsp3) is 0.333. The van der Waals surface area contributed by atoms with E-state index in [1.807, 2.05) is 19.2 Å². The first-order chi connectivity index (χ1) is 20.8. The van der Waals surface area contributed by atoms with Gasteiger partial charge in [0.25, 0.3) is 0 Å². The average Bonchev–Trinajstić information content (AvgIpc) is 3.31. The predicted molar refractivity (Wildman–Crippen MR) is 175 cm³/mol. The van der Waals surface area contributed by atoms with Crippen molar-refractivity contribution in [2.75, 3.05) is 11.9 Å². The number of hydrogen-bond acceptors (Lipinski definition) is 5. The lowest BCUT2D eigenvalue weighted by Gasteiger charge is -2.19. The topological polar surface area (TPSA) is 77.6 Å². The summed E-state index contributed by atoms with van der Waals surface area (Å²) in [5.74, 6) is 1.63. The van der Waals surface area contributed by atoms with Crippen molar-refractivity contribution in [1.29, 1.82) is 0 Å². The van der Waals surface area contributed by atoms with Crippen molar-refractivity contribution in [1.82, 2.24) is 24.3 Å². The van der Waals surface area contributed by atoms with Crippen LogP contribution in [0.1, 0.15) is 62.2 Å². The normalized spacial score (nSPS) is 11.5. The molecule has 3 aromatic carbocycles. The molecule has 222 valence electrons. The Hall–Kier alpha value is -4.52. The van der Waals surface area contributed by atoms with E-state index in [1.165, 1.54) is 16.7 Å². The summed E-state index contributed by atoms with van der Waals surface area (Å²) < 4.78 is 3.40. The molecule has 2 aromatic heterocycles. The Morgan fingerprint density at radius 3 is 2.12 bits per heavy atom. The third-order valence-electron chi connectivity index (χ3n) is 7.80. The SMILES string of the molecule is CCn1c(CCCc2ccc(-c3cnc(NCCc4ccccc4)cn3)cc2)nn(Cc2ccc(C(C)(C)C)cc2)c1=O. The first-order valence-electron chi connectivity index (χ1n) is 15.3. The molecule has 0 fully saturated rings. The van der Waals surface area contributed by atoms with Gasteiger partial charge in [0.15, 0.2) is 0 Å². The molecule has 0 saturated carbocycles. The minimum atomic E-state index is -0.0414. The van der Waals surface area contributed by atoms with Gasteiger partial charge < -0.3 is 5.32 Å². The largest absolute Gasteiger partial charge is 0.368 e. The first-order valence-corrected chi connectivity index (χ1v) is 15.3. The van der Waals surface area contributed by atoms with E-state index in [0.29, 0.717) is 13.1 Å². The molecular formula is C36H42N6O. The molecular weight excluding hydrogens is 532 g/mol. The van der Waals surface area contributed by atoms with Crippen molar-refractivity contribution >= 4 is 5.82 Å². The maximum absolute atomic E-state index is 13.0. The standard InChI is InChI=1S/C36H42N6O/c1-5-41-34(40-42(35(41)43)26-29-16-20-31(21-17-29)36(2,3)4)13-9-12-28-14-18-30(19-15-28)32-24-39-33(25-38-32)37-23-22-27-10-7-6-8-11-27/h6-8,10-11,14-21,24-25H,5,9,12-13,22-23,26H2,1-4H3,(H,37,39). The molecule has 0 saturated heterocycles. The molecule has 0 bridgehead atoms. The van der Waals surface area contributed by atoms with Gasteiger partial charge in [-0.15, -0.1) is 0 Å². The molecule has 0 aliphatic heterocycles. The summed E-state index contributed by atoms with van der Waals surface area (Å²) in [5, 5.41) is 8.07. The zero-order valence-corrected chi connectivity index (χ0v) is 25.8. The molecule has 0 atom stereocenters. The minimum absolute atomic E-state index is 0.0414. The number of rotatable bonds is 12. The quantitative estimate of drug-likeness (QED) is 0.179. The Kier molecular flexibility index (Phi) is 9.50. The van der Waals surface area contributed by atoms with Crippen molar-refractivity contribution < 1.29 is 0 Å². The summed E-state index contributed by atoms with van der Waals surface area (Å²) in [6.07, 6.45) is 7.14. The molecule has 0 aliphatic rings. The summed E-state index contributed by atoms with van der Waals surface area (Å²) in [7, 11) is 0. The molecule has 0 amide bonds. The van der Waals surface area contributed by atoms with Crippen molar-refractivity contribution in [3.05, 3.63) is 130 Å². The molecule has 43 heavy (non-hydrogen) atoms. The summed E-state index contributed by atoms with van der Waals surface area (Å²) in [6.45, 7) is 10.5. The van der Waals surface area contributed by atoms with Crippen molar-refractivity contribution in [3.8, 4) is 11.3 Å². The average molecular weight is 575 g/mol. The van der Waals surface area contributed by atoms with Gasteiger partial charge in [-0.05, 0) is 53.9 Å². The first kappa shape index (κ1) is 30.0. The van der Waals surface area contributed by atoms with Crippen LogP contribution in [-0.4, -0.2) is 30.9 Å². The van der Waals surface area contributed by atoms with Gasteiger partial charge in [0.1, 0.15) is 11.6 Å². The van der Waals surface area contributed by atoms with E-state index >= 15 is 0 Å². The predicted octanol–water partition coefficient (Wildman–Crippen LogP) is 6.70. The molecule has 5 rings (SSSR count). The summed E-state index contributed by atoms with van der Waals surface area (Å²) >= 11 is 0. The molecule has 7 nitrogen and oxygen atoms in total. The van der Waals surface area contributed by atoms with Gasteiger partial charge in [-0.2, -0.15) is 5.10 Å². The van der Waals surface area contributed by atoms with Gasteiger partial charge in [-0.25, -0.2) is 14.5 Å². The Balaban J connectivity index is 1.13. The highest BCUT2D eigenvalue weighted by atomic mass is 16.2. The highest BCUT2D eigenvalue weighted by molar-refractivity contribution is 5.59. The van der Waals surface area contributed by atoms with Gasteiger partial charge in [-0.3, -0.25) is 9.55 Å². The Labute approximate surface area is 254 Å². The third kappa shape index (κ3) is 7.86. The van der Waals surface area contributed by atoms with Crippen LogP contribution in [0.25, 0.3) is 11.3 Å². The Morgan fingerprint density at radius 1 is 0.767 bits per heavy atom. The molecule has 0 aliphatic carbocycles. The van der Waals surface area contributed by atoms with Crippen LogP contribution >= 0.6 is 0 Å². The lowest BCUT2D eigenvalue weighted by atomic mass is 9.87. The highest BCUT2D eigenvalue weighted by Gasteiger charge is 2.15. The number of nitrogens with one attached hydrogen (secondary N) is 1. The number of nitrogens with zero attached hydrogens (tertiary/aromatic N) is 5. The van der Waals surface area contributed by atoms with Crippen LogP contribution < -0.4 is 11.0 Å². The van der Waals surface area contributed by atoms with Crippen LogP contribution in [0.2, 0.25) is 0 Å². The zero-order valence-electron chi connectivity index (χ0n) is 25.8. The van der Waals surface area contributed by atoms with Crippen LogP contribution in [0, 0.1) is 0 Å². The van der Waals surface area contributed by atoms with Crippen molar-refractivity contribution in [2.45, 2.75) is 71.9 Å². The molecule has 7 heteroatoms. The lowest BCUT2D eigenvalue weighted by Crippen LogP contribution is -2.25. The van der Waals surface area contributed by atoms with E-state index in [2.05, 4.69) is 109 Å². The van der Waals surface area contributed by atoms with Gasteiger partial charge >= 0.3 is 5.69 Å². The van der Waals surface area contributed by atoms with E-state index < -0.39 is 0 Å². The summed E-state index contributed by atoms with van der Waals surface area (Å²) in [4.78, 5) is 22.2. The third-order valence-corrected chi connectivity index (χ3v) is 7.80. The smallest absolute Gasteiger partial charge is 0.346 e. The van der Waals surface area contributed by atoms with Gasteiger partial charge in [0.2, 0.25) is 0 Å². The van der Waals surface area contributed by atoms with Crippen LogP contribution in [0.3, 0.4) is 0 Å². The second-order valence-electron chi connectivity index (χ2n) is 12.0. The summed E-state index contributed by atoms with van der Waals surface area (Å²) in [6, 6.07) is 27.4. The highest BCUT2D eigenvalue weighted by Crippen LogP contribution is 2.22. The zero-order chi connectivity index (χ0) is 30.2. The molecule has 2 heterocycles. The van der Waals surface area contributed by atoms with E-state index in [4.69, 9.17) is 5.10 Å². The van der Waals surface area contributed by atoms with E-state index in [1.54, 1.807) is 15.4 Å². The van der Waals surface area contributed by atoms with E-state index in [-0.39, 0.29) is 11.1 Å². The second-order valence-corrected chi connectivity index (χ2v) is 12.0. The number of anilines is 1. The van der Waals surface area contributed by atoms with Crippen molar-refractivity contribution in [2.24, 2.45) is 0 Å². The number of aryl methyl sites for hydroxylation is 2. The molecule has 1 N–H and O–H groups in total. The second kappa shape index (κ2) is 13.6. The number of aromatic nitrogens is 5. The number of hydrogen-bond donors (Lipinski definition) is 1. The van der Waals surface area contributed by atoms with Crippen LogP contribution in [0.15, 0.2) is 96.1 Å². The van der Waals surface area contributed by atoms with Gasteiger partial charge in [-0.1, -0.05) is 99.6 Å². The van der Waals surface area contributed by atoms with Crippen molar-refractivity contribution in [3.63, 3.8) is 0 Å². The number of benzene rings is 3. The van der Waals surface area contributed by atoms with Crippen LogP contribution in [0.5, 0.6) is 0 Å². The molecule has 5 aromatic rings. The maximum Gasteiger partial charge on any atom is 0.346 e. The molecule has 0 unspecified atom stereocenters. The van der Waals surface area contributed by atoms with Gasteiger partial charge in [0.05, 0.1) is 24.6 Å². The van der Waals surface area contributed by atoms with Crippen LogP contribution in [0.4, 0.5) is 5.82 Å². The Morgan fingerprint density at radius 2 is 1.47 bits per heavy atom. The monoisotopic (exact) mass is 574 g/mol. The van der Waals surface area contributed by atoms with E-state index in [0.717, 1.165) is 60.7 Å². The Bertz CT molecular complexity index is 1650. The minimum Gasteiger partial charge on any atom is -0.368 e. The molecule has 0 spiro atoms. The maximum atomic E-state index is 13.0. The summed E-state index contributed by atoms with van der Waals surface area (Å²) in [5.41, 5.74) is 6.87. The van der Waals surface area contributed by atoms with Gasteiger partial charge in [0, 0.05) is 25.1 Å². The van der Waals surface area contributed by atoms with Crippen LogP contribution in [-0.2, 0) is 37.8 Å². The van der Waals surface area contributed by atoms with E-state index in [9.17, 15) is 4.79 Å². The fourth-order valence-electron chi connectivity index (χ4n) is 5.22. The lowest BCUT2D eigenvalue weighted by molar-refractivity contribution is 0.588.